The van der Waals surface area contributed by atoms with Gasteiger partial charge < -0.3 is 5.11 Å². The third-order valence-corrected chi connectivity index (χ3v) is 8.30. The Morgan fingerprint density at radius 2 is 1.10 bits per heavy atom. The van der Waals surface area contributed by atoms with Crippen LogP contribution in [0.3, 0.4) is 0 Å². The zero-order chi connectivity index (χ0) is 30.3. The van der Waals surface area contributed by atoms with Crippen LogP contribution in [0.2, 0.25) is 0 Å². The van der Waals surface area contributed by atoms with Crippen LogP contribution in [0.15, 0.2) is 104 Å². The van der Waals surface area contributed by atoms with Crippen LogP contribution in [0.5, 0.6) is 0 Å². The van der Waals surface area contributed by atoms with Crippen molar-refractivity contribution in [3.8, 4) is 0 Å². The lowest BCUT2D eigenvalue weighted by Gasteiger charge is -2.43. The number of rotatable bonds is 19. The van der Waals surface area contributed by atoms with Crippen molar-refractivity contribution in [2.24, 2.45) is 11.8 Å². The van der Waals surface area contributed by atoms with Crippen molar-refractivity contribution in [3.63, 3.8) is 0 Å². The molecule has 3 aromatic rings. The SMILES string of the molecule is C=CCN(Cc1ccccc1)[C@@H](C)CN(Cc1ccccc1)[C@H](CN(Cc1ccccc1)[C@H](CO)CC(C)C)C(C)C. The zero-order valence-corrected chi connectivity index (χ0v) is 26.8. The summed E-state index contributed by atoms with van der Waals surface area (Å²) in [5.74, 6) is 0.961. The highest BCUT2D eigenvalue weighted by Crippen LogP contribution is 2.23. The lowest BCUT2D eigenvalue weighted by atomic mass is 9.96. The van der Waals surface area contributed by atoms with Gasteiger partial charge in [0.25, 0.3) is 0 Å². The molecule has 42 heavy (non-hydrogen) atoms. The second-order valence-electron chi connectivity index (χ2n) is 12.7. The molecular formula is C38H55N3O. The van der Waals surface area contributed by atoms with Gasteiger partial charge in [-0.2, -0.15) is 0 Å². The molecule has 4 nitrogen and oxygen atoms in total. The number of benzene rings is 3. The predicted molar refractivity (Wildman–Crippen MR) is 179 cm³/mol. The maximum atomic E-state index is 10.6. The minimum Gasteiger partial charge on any atom is -0.395 e. The molecule has 3 atom stereocenters. The molecule has 0 aliphatic rings. The van der Waals surface area contributed by atoms with E-state index in [0.717, 1.165) is 45.7 Å². The third-order valence-electron chi connectivity index (χ3n) is 8.30. The zero-order valence-electron chi connectivity index (χ0n) is 26.8. The van der Waals surface area contributed by atoms with Gasteiger partial charge in [0, 0.05) is 57.4 Å². The Morgan fingerprint density at radius 3 is 1.50 bits per heavy atom. The topological polar surface area (TPSA) is 30.0 Å². The van der Waals surface area contributed by atoms with Gasteiger partial charge in [-0.15, -0.1) is 6.58 Å². The fraction of sp³-hybridized carbons (Fsp3) is 0.474. The first kappa shape index (κ1) is 33.7. The lowest BCUT2D eigenvalue weighted by Crippen LogP contribution is -2.53. The van der Waals surface area contributed by atoms with E-state index < -0.39 is 0 Å². The van der Waals surface area contributed by atoms with E-state index in [4.69, 9.17) is 0 Å². The van der Waals surface area contributed by atoms with Crippen molar-refractivity contribution in [2.75, 3.05) is 26.2 Å². The highest BCUT2D eigenvalue weighted by molar-refractivity contribution is 5.17. The smallest absolute Gasteiger partial charge is 0.0587 e. The summed E-state index contributed by atoms with van der Waals surface area (Å²) in [6.45, 7) is 21.2. The van der Waals surface area contributed by atoms with E-state index in [1.807, 2.05) is 6.08 Å². The maximum absolute atomic E-state index is 10.6. The van der Waals surface area contributed by atoms with Crippen LogP contribution in [-0.4, -0.2) is 64.2 Å². The second-order valence-corrected chi connectivity index (χ2v) is 12.7. The summed E-state index contributed by atoms with van der Waals surface area (Å²) < 4.78 is 0. The predicted octanol–water partition coefficient (Wildman–Crippen LogP) is 7.50. The number of aliphatic hydroxyl groups is 1. The van der Waals surface area contributed by atoms with E-state index in [9.17, 15) is 5.11 Å². The summed E-state index contributed by atoms with van der Waals surface area (Å²) in [6.07, 6.45) is 3.01. The molecule has 3 aromatic carbocycles. The van der Waals surface area contributed by atoms with Crippen molar-refractivity contribution in [1.82, 2.24) is 14.7 Å². The molecule has 0 amide bonds. The van der Waals surface area contributed by atoms with Gasteiger partial charge in [0.2, 0.25) is 0 Å². The van der Waals surface area contributed by atoms with Crippen molar-refractivity contribution < 1.29 is 5.11 Å². The number of hydrogen-bond acceptors (Lipinski definition) is 4. The molecule has 0 unspecified atom stereocenters. The van der Waals surface area contributed by atoms with Crippen LogP contribution in [0.1, 0.15) is 57.7 Å². The number of nitrogens with zero attached hydrogens (tertiary/aromatic N) is 3. The first-order valence-electron chi connectivity index (χ1n) is 15.9. The van der Waals surface area contributed by atoms with Crippen molar-refractivity contribution in [1.29, 1.82) is 0 Å². The van der Waals surface area contributed by atoms with E-state index in [1.165, 1.54) is 16.7 Å². The molecule has 0 bridgehead atoms. The Labute approximate surface area is 256 Å². The largest absolute Gasteiger partial charge is 0.395 e. The highest BCUT2D eigenvalue weighted by atomic mass is 16.3. The van der Waals surface area contributed by atoms with E-state index >= 15 is 0 Å². The summed E-state index contributed by atoms with van der Waals surface area (Å²) >= 11 is 0. The molecule has 0 aromatic heterocycles. The molecule has 228 valence electrons. The quantitative estimate of drug-likeness (QED) is 0.151. The molecule has 0 saturated carbocycles. The van der Waals surface area contributed by atoms with Crippen LogP contribution in [0.25, 0.3) is 0 Å². The van der Waals surface area contributed by atoms with Gasteiger partial charge >= 0.3 is 0 Å². The fourth-order valence-electron chi connectivity index (χ4n) is 6.01. The molecule has 0 fully saturated rings. The Balaban J connectivity index is 1.92. The molecule has 0 aliphatic heterocycles. The molecule has 0 heterocycles. The molecule has 0 spiro atoms. The van der Waals surface area contributed by atoms with Crippen LogP contribution in [0, 0.1) is 11.8 Å². The van der Waals surface area contributed by atoms with E-state index in [-0.39, 0.29) is 12.6 Å². The molecule has 0 aliphatic carbocycles. The minimum atomic E-state index is 0.123. The average Bonchev–Trinajstić information content (AvgIpc) is 2.99. The van der Waals surface area contributed by atoms with E-state index in [2.05, 4.69) is 147 Å². The second kappa shape index (κ2) is 18.0. The summed E-state index contributed by atoms with van der Waals surface area (Å²) in [6, 6.07) is 33.2. The standard InChI is InChI=1S/C38H55N3O/c1-7-23-39(26-34-17-11-8-12-18-34)33(6)25-41(28-36-21-15-10-16-22-36)38(32(4)5)29-40(37(30-42)24-31(2)3)27-35-19-13-9-14-20-35/h7-22,31-33,37-38,42H,1,23-30H2,2-6H3/t33-,37-,38+/m0/s1. The normalized spacial score (nSPS) is 14.2. The lowest BCUT2D eigenvalue weighted by molar-refractivity contribution is 0.0334. The van der Waals surface area contributed by atoms with Gasteiger partial charge in [-0.1, -0.05) is 125 Å². The maximum Gasteiger partial charge on any atom is 0.0587 e. The summed E-state index contributed by atoms with van der Waals surface area (Å²) in [7, 11) is 0. The van der Waals surface area contributed by atoms with Crippen molar-refractivity contribution in [2.45, 2.75) is 78.8 Å². The summed E-state index contributed by atoms with van der Waals surface area (Å²) in [5, 5.41) is 10.6. The van der Waals surface area contributed by atoms with Gasteiger partial charge in [-0.3, -0.25) is 14.7 Å². The van der Waals surface area contributed by atoms with Crippen LogP contribution in [-0.2, 0) is 19.6 Å². The summed E-state index contributed by atoms with van der Waals surface area (Å²) in [4.78, 5) is 7.79. The van der Waals surface area contributed by atoms with Gasteiger partial charge in [-0.25, -0.2) is 0 Å². The van der Waals surface area contributed by atoms with Gasteiger partial charge in [0.15, 0.2) is 0 Å². The fourth-order valence-corrected chi connectivity index (χ4v) is 6.01. The van der Waals surface area contributed by atoms with Crippen LogP contribution >= 0.6 is 0 Å². The Morgan fingerprint density at radius 1 is 0.643 bits per heavy atom. The highest BCUT2D eigenvalue weighted by Gasteiger charge is 2.30. The molecular weight excluding hydrogens is 514 g/mol. The molecule has 0 saturated heterocycles. The third kappa shape index (κ3) is 11.1. The number of aliphatic hydroxyl groups excluding tert-OH is 1. The average molecular weight is 570 g/mol. The van der Waals surface area contributed by atoms with Gasteiger partial charge in [0.1, 0.15) is 0 Å². The van der Waals surface area contributed by atoms with Crippen LogP contribution < -0.4 is 0 Å². The summed E-state index contributed by atoms with van der Waals surface area (Å²) in [5.41, 5.74) is 3.96. The molecule has 4 heteroatoms. The van der Waals surface area contributed by atoms with E-state index in [0.29, 0.717) is 23.9 Å². The van der Waals surface area contributed by atoms with Crippen LogP contribution in [0.4, 0.5) is 0 Å². The van der Waals surface area contributed by atoms with Crippen molar-refractivity contribution in [3.05, 3.63) is 120 Å². The Bertz CT molecular complexity index is 1120. The Kier molecular flexibility index (Phi) is 14.5. The Hall–Kier alpha value is -2.76. The number of hydrogen-bond donors (Lipinski definition) is 1. The monoisotopic (exact) mass is 569 g/mol. The first-order chi connectivity index (χ1) is 20.3. The first-order valence-corrected chi connectivity index (χ1v) is 15.9. The molecule has 0 radical (unpaired) electrons. The van der Waals surface area contributed by atoms with Crippen molar-refractivity contribution >= 4 is 0 Å². The molecule has 1 N–H and O–H groups in total. The van der Waals surface area contributed by atoms with E-state index in [1.54, 1.807) is 0 Å². The van der Waals surface area contributed by atoms with Gasteiger partial charge in [-0.05, 0) is 41.9 Å². The van der Waals surface area contributed by atoms with Gasteiger partial charge in [0.05, 0.1) is 6.61 Å². The molecule has 3 rings (SSSR count). The minimum absolute atomic E-state index is 0.123.